The van der Waals surface area contributed by atoms with Gasteiger partial charge in [0.2, 0.25) is 0 Å². The monoisotopic (exact) mass is 379 g/mol. The Labute approximate surface area is 150 Å². The fraction of sp³-hybridized carbons (Fsp3) is 0.167. The molecule has 0 aliphatic rings. The van der Waals surface area contributed by atoms with Gasteiger partial charge in [0.1, 0.15) is 28.3 Å². The Kier molecular flexibility index (Phi) is 4.61. The summed E-state index contributed by atoms with van der Waals surface area (Å²) in [4.78, 5) is 26.6. The number of alkyl halides is 3. The molecule has 140 valence electrons. The Morgan fingerprint density at radius 1 is 1.19 bits per heavy atom. The third-order valence-corrected chi connectivity index (χ3v) is 3.87. The zero-order valence-electron chi connectivity index (χ0n) is 14.1. The van der Waals surface area contributed by atoms with Crippen molar-refractivity contribution in [3.05, 3.63) is 47.3 Å². The van der Waals surface area contributed by atoms with Crippen LogP contribution in [0.1, 0.15) is 26.6 Å². The van der Waals surface area contributed by atoms with E-state index in [9.17, 15) is 22.8 Å². The number of carbonyl (C=O) groups excluding carboxylic acids is 2. The first-order chi connectivity index (χ1) is 12.8. The third kappa shape index (κ3) is 3.23. The molecule has 0 spiro atoms. The molecule has 0 fully saturated rings. The number of benzene rings is 1. The van der Waals surface area contributed by atoms with Gasteiger partial charge in [0.15, 0.2) is 12.0 Å². The van der Waals surface area contributed by atoms with Crippen LogP contribution in [0.3, 0.4) is 0 Å². The lowest BCUT2D eigenvalue weighted by Crippen LogP contribution is -2.08. The van der Waals surface area contributed by atoms with Crippen molar-refractivity contribution in [1.82, 2.24) is 4.98 Å². The minimum atomic E-state index is -4.62. The average Bonchev–Trinajstić information content (AvgIpc) is 3.09. The molecule has 0 saturated carbocycles. The number of hydrogen-bond donors (Lipinski definition) is 0. The normalized spacial score (nSPS) is 11.4. The molecule has 0 amide bonds. The number of aldehydes is 1. The van der Waals surface area contributed by atoms with Crippen LogP contribution in [0, 0.1) is 0 Å². The molecule has 2 heterocycles. The van der Waals surface area contributed by atoms with Gasteiger partial charge in [-0.3, -0.25) is 4.79 Å². The number of fused-ring (bicyclic) bond motifs is 1. The highest BCUT2D eigenvalue weighted by Crippen LogP contribution is 2.37. The van der Waals surface area contributed by atoms with E-state index >= 15 is 0 Å². The number of halogens is 3. The number of methoxy groups -OCH3 is 2. The van der Waals surface area contributed by atoms with Crippen LogP contribution in [0.2, 0.25) is 0 Å². The summed E-state index contributed by atoms with van der Waals surface area (Å²) in [5.41, 5.74) is -0.862. The largest absolute Gasteiger partial charge is 0.494 e. The van der Waals surface area contributed by atoms with E-state index < -0.39 is 17.8 Å². The molecule has 9 heteroatoms. The van der Waals surface area contributed by atoms with Gasteiger partial charge < -0.3 is 13.9 Å². The molecule has 0 bridgehead atoms. The first-order valence-corrected chi connectivity index (χ1v) is 7.52. The lowest BCUT2D eigenvalue weighted by Gasteiger charge is -2.11. The van der Waals surface area contributed by atoms with Crippen molar-refractivity contribution in [3.63, 3.8) is 0 Å². The maximum atomic E-state index is 13.0. The van der Waals surface area contributed by atoms with E-state index in [-0.39, 0.29) is 28.4 Å². The number of nitrogens with zero attached hydrogens (tertiary/aromatic N) is 1. The van der Waals surface area contributed by atoms with Gasteiger partial charge in [-0.1, -0.05) is 0 Å². The Morgan fingerprint density at radius 2 is 1.93 bits per heavy atom. The first kappa shape index (κ1) is 18.4. The van der Waals surface area contributed by atoms with Crippen LogP contribution in [0.25, 0.3) is 22.2 Å². The van der Waals surface area contributed by atoms with Crippen molar-refractivity contribution >= 4 is 23.2 Å². The van der Waals surface area contributed by atoms with Crippen molar-refractivity contribution in [2.75, 3.05) is 14.2 Å². The molecule has 3 aromatic rings. The number of furan rings is 1. The summed E-state index contributed by atoms with van der Waals surface area (Å²) < 4.78 is 54.1. The summed E-state index contributed by atoms with van der Waals surface area (Å²) >= 11 is 0. The summed E-state index contributed by atoms with van der Waals surface area (Å²) in [7, 11) is 2.46. The molecule has 0 aliphatic carbocycles. The molecular formula is C18H12F3NO5. The van der Waals surface area contributed by atoms with E-state index in [1.807, 2.05) is 0 Å². The Bertz CT molecular complexity index is 1040. The van der Waals surface area contributed by atoms with Gasteiger partial charge in [0.05, 0.1) is 14.2 Å². The van der Waals surface area contributed by atoms with Gasteiger partial charge in [0, 0.05) is 10.9 Å². The first-order valence-electron chi connectivity index (χ1n) is 7.52. The molecule has 0 N–H and O–H groups in total. The lowest BCUT2D eigenvalue weighted by atomic mass is 10.0. The number of hydrogen-bond acceptors (Lipinski definition) is 6. The Morgan fingerprint density at radius 3 is 2.52 bits per heavy atom. The van der Waals surface area contributed by atoms with Crippen LogP contribution in [0.5, 0.6) is 5.75 Å². The standard InChI is InChI=1S/C18H12F3NO5/c1-25-12-5-3-9(10-4-6-15(18(19,20)21)22-16(10)12)13-7-11(17(24)26-2)14(8-23)27-13/h3-8H,1-2H3. The summed E-state index contributed by atoms with van der Waals surface area (Å²) in [6.07, 6.45) is -4.27. The van der Waals surface area contributed by atoms with E-state index in [1.54, 1.807) is 0 Å². The summed E-state index contributed by atoms with van der Waals surface area (Å²) in [6, 6.07) is 6.30. The molecule has 1 aromatic carbocycles. The molecular weight excluding hydrogens is 367 g/mol. The highest BCUT2D eigenvalue weighted by atomic mass is 19.4. The van der Waals surface area contributed by atoms with E-state index in [0.29, 0.717) is 17.2 Å². The summed E-state index contributed by atoms with van der Waals surface area (Å²) in [6.45, 7) is 0. The number of aromatic nitrogens is 1. The zero-order chi connectivity index (χ0) is 19.8. The van der Waals surface area contributed by atoms with Crippen molar-refractivity contribution < 1.29 is 36.7 Å². The maximum absolute atomic E-state index is 13.0. The topological polar surface area (TPSA) is 78.6 Å². The van der Waals surface area contributed by atoms with Crippen molar-refractivity contribution in [2.45, 2.75) is 6.18 Å². The molecule has 0 unspecified atom stereocenters. The number of esters is 1. The van der Waals surface area contributed by atoms with Crippen LogP contribution >= 0.6 is 0 Å². The van der Waals surface area contributed by atoms with Gasteiger partial charge >= 0.3 is 12.1 Å². The molecule has 0 radical (unpaired) electrons. The third-order valence-electron chi connectivity index (χ3n) is 3.87. The quantitative estimate of drug-likeness (QED) is 0.501. The van der Waals surface area contributed by atoms with Crippen LogP contribution in [0.4, 0.5) is 13.2 Å². The molecule has 0 saturated heterocycles. The SMILES string of the molecule is COC(=O)c1cc(-c2ccc(OC)c3nc(C(F)(F)F)ccc23)oc1C=O. The minimum Gasteiger partial charge on any atom is -0.494 e. The minimum absolute atomic E-state index is 0.0338. The molecule has 2 aromatic heterocycles. The van der Waals surface area contributed by atoms with E-state index in [4.69, 9.17) is 9.15 Å². The number of ether oxygens (including phenoxy) is 2. The van der Waals surface area contributed by atoms with E-state index in [0.717, 1.165) is 13.2 Å². The number of rotatable bonds is 4. The average molecular weight is 379 g/mol. The second-order valence-corrected chi connectivity index (χ2v) is 5.40. The molecule has 6 nitrogen and oxygen atoms in total. The van der Waals surface area contributed by atoms with Gasteiger partial charge in [0.25, 0.3) is 0 Å². The molecule has 0 aliphatic heterocycles. The predicted molar refractivity (Wildman–Crippen MR) is 87.7 cm³/mol. The summed E-state index contributed by atoms with van der Waals surface area (Å²) in [5, 5.41) is 0.296. The molecule has 27 heavy (non-hydrogen) atoms. The van der Waals surface area contributed by atoms with Gasteiger partial charge in [-0.2, -0.15) is 13.2 Å². The van der Waals surface area contributed by atoms with Crippen LogP contribution in [0.15, 0.2) is 34.7 Å². The number of carbonyl (C=O) groups is 2. The fourth-order valence-corrected chi connectivity index (χ4v) is 2.62. The van der Waals surface area contributed by atoms with Crippen molar-refractivity contribution in [3.8, 4) is 17.1 Å². The van der Waals surface area contributed by atoms with Crippen molar-refractivity contribution in [2.24, 2.45) is 0 Å². The smallest absolute Gasteiger partial charge is 0.433 e. The Balaban J connectivity index is 2.26. The summed E-state index contributed by atoms with van der Waals surface area (Å²) in [5.74, 6) is -0.787. The van der Waals surface area contributed by atoms with Crippen LogP contribution in [-0.2, 0) is 10.9 Å². The second-order valence-electron chi connectivity index (χ2n) is 5.40. The zero-order valence-corrected chi connectivity index (χ0v) is 14.1. The van der Waals surface area contributed by atoms with Crippen molar-refractivity contribution in [1.29, 1.82) is 0 Å². The van der Waals surface area contributed by atoms with E-state index in [2.05, 4.69) is 9.72 Å². The lowest BCUT2D eigenvalue weighted by molar-refractivity contribution is -0.140. The highest BCUT2D eigenvalue weighted by molar-refractivity contribution is 6.01. The predicted octanol–water partition coefficient (Wildman–Crippen LogP) is 4.12. The van der Waals surface area contributed by atoms with Gasteiger partial charge in [-0.25, -0.2) is 9.78 Å². The van der Waals surface area contributed by atoms with Crippen LogP contribution < -0.4 is 4.74 Å². The van der Waals surface area contributed by atoms with E-state index in [1.165, 1.54) is 31.4 Å². The Hall–Kier alpha value is -3.36. The second kappa shape index (κ2) is 6.75. The maximum Gasteiger partial charge on any atom is 0.433 e. The van der Waals surface area contributed by atoms with Gasteiger partial charge in [-0.05, 0) is 30.3 Å². The van der Waals surface area contributed by atoms with Crippen LogP contribution in [-0.4, -0.2) is 31.5 Å². The molecule has 0 atom stereocenters. The highest BCUT2D eigenvalue weighted by Gasteiger charge is 2.33. The molecule has 3 rings (SSSR count). The fourth-order valence-electron chi connectivity index (χ4n) is 2.62. The van der Waals surface area contributed by atoms with Gasteiger partial charge in [-0.15, -0.1) is 0 Å². The number of pyridine rings is 1.